The molecular weight excluding hydrogens is 242 g/mol. The number of carbonyl (C=O) groups excluding carboxylic acids is 2. The fourth-order valence-corrected chi connectivity index (χ4v) is 1.85. The average Bonchev–Trinajstić information content (AvgIpc) is 2.39. The molecule has 0 heterocycles. The largest absolute Gasteiger partial charge is 0.466 e. The fraction of sp³-hybridized carbons (Fsp3) is 0.867. The number of carbonyl (C=O) groups is 2. The summed E-state index contributed by atoms with van der Waals surface area (Å²) >= 11 is 0. The first kappa shape index (κ1) is 17.9. The molecule has 0 unspecified atom stereocenters. The van der Waals surface area contributed by atoms with Crippen LogP contribution in [0.5, 0.6) is 0 Å². The number of amides is 1. The molecule has 0 atom stereocenters. The van der Waals surface area contributed by atoms with Crippen LogP contribution in [0.4, 0.5) is 0 Å². The van der Waals surface area contributed by atoms with Gasteiger partial charge in [0, 0.05) is 19.4 Å². The number of unbranched alkanes of at least 4 members (excludes halogenated alkanes) is 5. The van der Waals surface area contributed by atoms with E-state index in [4.69, 9.17) is 4.74 Å². The topological polar surface area (TPSA) is 55.4 Å². The maximum Gasteiger partial charge on any atom is 0.305 e. The third kappa shape index (κ3) is 13.2. The number of rotatable bonds is 12. The second-order valence-corrected chi connectivity index (χ2v) is 4.78. The molecule has 0 aromatic heterocycles. The lowest BCUT2D eigenvalue weighted by Crippen LogP contribution is -2.24. The van der Waals surface area contributed by atoms with Crippen molar-refractivity contribution in [3.8, 4) is 0 Å². The van der Waals surface area contributed by atoms with E-state index in [-0.39, 0.29) is 11.9 Å². The lowest BCUT2D eigenvalue weighted by Gasteiger charge is -2.05. The molecule has 0 aliphatic carbocycles. The summed E-state index contributed by atoms with van der Waals surface area (Å²) in [6.45, 7) is 4.97. The Kier molecular flexibility index (Phi) is 12.6. The van der Waals surface area contributed by atoms with Gasteiger partial charge in [-0.05, 0) is 19.8 Å². The second-order valence-electron chi connectivity index (χ2n) is 4.78. The van der Waals surface area contributed by atoms with Crippen molar-refractivity contribution >= 4 is 11.9 Å². The van der Waals surface area contributed by atoms with Crippen LogP contribution in [0.1, 0.15) is 71.6 Å². The number of esters is 1. The smallest absolute Gasteiger partial charge is 0.305 e. The minimum Gasteiger partial charge on any atom is -0.466 e. The summed E-state index contributed by atoms with van der Waals surface area (Å²) in [7, 11) is 0. The molecule has 0 aliphatic rings. The average molecular weight is 271 g/mol. The van der Waals surface area contributed by atoms with Crippen molar-refractivity contribution in [1.82, 2.24) is 5.32 Å². The predicted octanol–water partition coefficient (Wildman–Crippen LogP) is 3.20. The minimum atomic E-state index is -0.187. The normalized spacial score (nSPS) is 10.2. The van der Waals surface area contributed by atoms with Crippen LogP contribution in [0.2, 0.25) is 0 Å². The van der Waals surface area contributed by atoms with Gasteiger partial charge < -0.3 is 10.1 Å². The lowest BCUT2D eigenvalue weighted by atomic mass is 10.1. The van der Waals surface area contributed by atoms with E-state index >= 15 is 0 Å². The molecule has 1 amide bonds. The summed E-state index contributed by atoms with van der Waals surface area (Å²) in [5.41, 5.74) is 0. The molecule has 0 aromatic rings. The minimum absolute atomic E-state index is 0.0966. The van der Waals surface area contributed by atoms with Crippen molar-refractivity contribution in [2.24, 2.45) is 0 Å². The third-order valence-electron chi connectivity index (χ3n) is 2.94. The molecule has 0 bridgehead atoms. The first-order valence-electron chi connectivity index (χ1n) is 7.63. The van der Waals surface area contributed by atoms with E-state index in [2.05, 4.69) is 12.2 Å². The highest BCUT2D eigenvalue weighted by Crippen LogP contribution is 2.06. The van der Waals surface area contributed by atoms with Crippen molar-refractivity contribution in [3.05, 3.63) is 0 Å². The molecule has 4 nitrogen and oxygen atoms in total. The van der Waals surface area contributed by atoms with Gasteiger partial charge in [-0.3, -0.25) is 9.59 Å². The van der Waals surface area contributed by atoms with Crippen LogP contribution in [-0.2, 0) is 14.3 Å². The van der Waals surface area contributed by atoms with Crippen LogP contribution in [0.3, 0.4) is 0 Å². The lowest BCUT2D eigenvalue weighted by molar-refractivity contribution is -0.143. The molecule has 1 N–H and O–H groups in total. The highest BCUT2D eigenvalue weighted by molar-refractivity contribution is 5.75. The summed E-state index contributed by atoms with van der Waals surface area (Å²) in [5.74, 6) is -0.0907. The van der Waals surface area contributed by atoms with Gasteiger partial charge in [-0.25, -0.2) is 0 Å². The Labute approximate surface area is 117 Å². The number of hydrogen-bond donors (Lipinski definition) is 1. The molecule has 0 rings (SSSR count). The van der Waals surface area contributed by atoms with Crippen LogP contribution < -0.4 is 5.32 Å². The summed E-state index contributed by atoms with van der Waals surface area (Å²) < 4.78 is 4.81. The fourth-order valence-electron chi connectivity index (χ4n) is 1.85. The molecule has 112 valence electrons. The van der Waals surface area contributed by atoms with Crippen LogP contribution in [-0.4, -0.2) is 25.0 Å². The van der Waals surface area contributed by atoms with E-state index in [1.165, 1.54) is 25.7 Å². The Morgan fingerprint density at radius 1 is 0.895 bits per heavy atom. The van der Waals surface area contributed by atoms with E-state index in [1.54, 1.807) is 6.92 Å². The van der Waals surface area contributed by atoms with Crippen LogP contribution in [0.25, 0.3) is 0 Å². The summed E-state index contributed by atoms with van der Waals surface area (Å²) in [6.07, 6.45) is 8.78. The zero-order valence-electron chi connectivity index (χ0n) is 12.5. The van der Waals surface area contributed by atoms with E-state index in [9.17, 15) is 9.59 Å². The second kappa shape index (κ2) is 13.4. The summed E-state index contributed by atoms with van der Waals surface area (Å²) in [6, 6.07) is 0. The highest BCUT2D eigenvalue weighted by Gasteiger charge is 2.03. The van der Waals surface area contributed by atoms with E-state index in [0.29, 0.717) is 32.4 Å². The molecule has 0 aliphatic heterocycles. The van der Waals surface area contributed by atoms with E-state index in [1.807, 2.05) is 0 Å². The monoisotopic (exact) mass is 271 g/mol. The molecule has 4 heteroatoms. The Balaban J connectivity index is 3.28. The van der Waals surface area contributed by atoms with Crippen molar-refractivity contribution in [3.63, 3.8) is 0 Å². The zero-order valence-corrected chi connectivity index (χ0v) is 12.5. The maximum absolute atomic E-state index is 11.5. The molecular formula is C15H29NO3. The van der Waals surface area contributed by atoms with Gasteiger partial charge >= 0.3 is 5.97 Å². The number of nitrogens with one attached hydrogen (secondary N) is 1. The summed E-state index contributed by atoms with van der Waals surface area (Å²) in [5, 5.41) is 2.84. The third-order valence-corrected chi connectivity index (χ3v) is 2.94. The zero-order chi connectivity index (χ0) is 14.3. The molecule has 0 spiro atoms. The van der Waals surface area contributed by atoms with Gasteiger partial charge in [-0.1, -0.05) is 39.0 Å². The first-order valence-corrected chi connectivity index (χ1v) is 7.63. The van der Waals surface area contributed by atoms with Gasteiger partial charge in [0.05, 0.1) is 6.61 Å². The summed E-state index contributed by atoms with van der Waals surface area (Å²) in [4.78, 5) is 22.5. The molecule has 0 saturated carbocycles. The molecule has 19 heavy (non-hydrogen) atoms. The van der Waals surface area contributed by atoms with Crippen LogP contribution in [0, 0.1) is 0 Å². The molecule has 0 saturated heterocycles. The van der Waals surface area contributed by atoms with Crippen LogP contribution >= 0.6 is 0 Å². The molecule has 0 radical (unpaired) electrons. The van der Waals surface area contributed by atoms with Crippen molar-refractivity contribution < 1.29 is 14.3 Å². The van der Waals surface area contributed by atoms with Gasteiger partial charge in [0.1, 0.15) is 0 Å². The Bertz CT molecular complexity index is 242. The number of ether oxygens (including phenoxy) is 1. The van der Waals surface area contributed by atoms with Crippen molar-refractivity contribution in [2.75, 3.05) is 13.2 Å². The maximum atomic E-state index is 11.5. The van der Waals surface area contributed by atoms with Gasteiger partial charge in [0.2, 0.25) is 5.91 Å². The van der Waals surface area contributed by atoms with Gasteiger partial charge in [0.25, 0.3) is 0 Å². The SMILES string of the molecule is CCCCCCCCC(=O)NCCCC(=O)OCC. The van der Waals surface area contributed by atoms with Crippen molar-refractivity contribution in [2.45, 2.75) is 71.6 Å². The van der Waals surface area contributed by atoms with Gasteiger partial charge in [-0.15, -0.1) is 0 Å². The molecule has 0 fully saturated rings. The van der Waals surface area contributed by atoms with E-state index in [0.717, 1.165) is 12.8 Å². The quantitative estimate of drug-likeness (QED) is 0.438. The highest BCUT2D eigenvalue weighted by atomic mass is 16.5. The Morgan fingerprint density at radius 3 is 2.26 bits per heavy atom. The standard InChI is InChI=1S/C15H29NO3/c1-3-5-6-7-8-9-11-14(17)16-13-10-12-15(18)19-4-2/h3-13H2,1-2H3,(H,16,17). The Morgan fingerprint density at radius 2 is 1.58 bits per heavy atom. The van der Waals surface area contributed by atoms with E-state index < -0.39 is 0 Å². The van der Waals surface area contributed by atoms with Crippen LogP contribution in [0.15, 0.2) is 0 Å². The van der Waals surface area contributed by atoms with Gasteiger partial charge in [-0.2, -0.15) is 0 Å². The number of hydrogen-bond acceptors (Lipinski definition) is 3. The van der Waals surface area contributed by atoms with Gasteiger partial charge in [0.15, 0.2) is 0 Å². The Hall–Kier alpha value is -1.06. The predicted molar refractivity (Wildman–Crippen MR) is 76.9 cm³/mol. The first-order chi connectivity index (χ1) is 9.20. The molecule has 0 aromatic carbocycles. The van der Waals surface area contributed by atoms with Crippen molar-refractivity contribution in [1.29, 1.82) is 0 Å².